The Labute approximate surface area is 97.4 Å². The zero-order chi connectivity index (χ0) is 11.8. The number of carboxylic acid groups (broad SMARTS) is 1. The Balaban J connectivity index is 2.13. The van der Waals surface area contributed by atoms with Gasteiger partial charge in [0.15, 0.2) is 0 Å². The fourth-order valence-corrected chi connectivity index (χ4v) is 2.07. The van der Waals surface area contributed by atoms with E-state index in [0.717, 1.165) is 19.6 Å². The van der Waals surface area contributed by atoms with Crippen LogP contribution < -0.4 is 5.32 Å². The van der Waals surface area contributed by atoms with Crippen molar-refractivity contribution in [3.63, 3.8) is 0 Å². The minimum absolute atomic E-state index is 0.284. The van der Waals surface area contributed by atoms with Crippen molar-refractivity contribution in [1.29, 1.82) is 0 Å². The summed E-state index contributed by atoms with van der Waals surface area (Å²) in [7, 11) is 0. The summed E-state index contributed by atoms with van der Waals surface area (Å²) in [6.45, 7) is 3.75. The number of hydrogen-bond acceptors (Lipinski definition) is 3. The first-order chi connectivity index (χ1) is 7.74. The van der Waals surface area contributed by atoms with Gasteiger partial charge >= 0.3 is 5.97 Å². The van der Waals surface area contributed by atoms with E-state index in [0.29, 0.717) is 5.92 Å². The van der Waals surface area contributed by atoms with Crippen molar-refractivity contribution in [2.24, 2.45) is 5.92 Å². The van der Waals surface area contributed by atoms with Gasteiger partial charge in [-0.05, 0) is 31.7 Å². The average molecular weight is 229 g/mol. The van der Waals surface area contributed by atoms with Crippen molar-refractivity contribution in [3.05, 3.63) is 0 Å². The van der Waals surface area contributed by atoms with Crippen molar-refractivity contribution in [2.75, 3.05) is 19.8 Å². The number of nitrogens with one attached hydrogen (secondary N) is 1. The summed E-state index contributed by atoms with van der Waals surface area (Å²) in [6.07, 6.45) is 6.00. The summed E-state index contributed by atoms with van der Waals surface area (Å²) in [4.78, 5) is 10.9. The molecule has 0 aliphatic heterocycles. The lowest BCUT2D eigenvalue weighted by Gasteiger charge is -2.16. The molecule has 0 radical (unpaired) electrons. The zero-order valence-corrected chi connectivity index (χ0v) is 10.1. The van der Waals surface area contributed by atoms with Gasteiger partial charge in [-0.25, -0.2) is 0 Å². The van der Waals surface area contributed by atoms with E-state index in [1.165, 1.54) is 25.7 Å². The topological polar surface area (TPSA) is 58.6 Å². The molecule has 0 bridgehead atoms. The molecule has 1 unspecified atom stereocenters. The number of carboxylic acids is 1. The molecule has 1 rings (SSSR count). The Morgan fingerprint density at radius 1 is 1.50 bits per heavy atom. The molecular weight excluding hydrogens is 206 g/mol. The summed E-state index contributed by atoms with van der Waals surface area (Å²) >= 11 is 0. The quantitative estimate of drug-likeness (QED) is 0.664. The van der Waals surface area contributed by atoms with Crippen molar-refractivity contribution < 1.29 is 14.6 Å². The Morgan fingerprint density at radius 3 is 2.75 bits per heavy atom. The van der Waals surface area contributed by atoms with Crippen LogP contribution in [0, 0.1) is 5.92 Å². The lowest BCUT2D eigenvalue weighted by Crippen LogP contribution is -2.41. The molecule has 16 heavy (non-hydrogen) atoms. The Kier molecular flexibility index (Phi) is 6.42. The minimum atomic E-state index is -0.820. The Morgan fingerprint density at radius 2 is 2.19 bits per heavy atom. The molecule has 1 fully saturated rings. The standard InChI is InChI=1S/C12H23NO3/c1-2-7-13-11(12(14)15)9-16-8-10-5-3-4-6-10/h10-11,13H,2-9H2,1H3,(H,14,15). The monoisotopic (exact) mass is 229 g/mol. The van der Waals surface area contributed by atoms with Crippen LogP contribution in [0.5, 0.6) is 0 Å². The van der Waals surface area contributed by atoms with Crippen LogP contribution in [0.3, 0.4) is 0 Å². The first kappa shape index (κ1) is 13.5. The maximum Gasteiger partial charge on any atom is 0.323 e. The van der Waals surface area contributed by atoms with Gasteiger partial charge in [-0.2, -0.15) is 0 Å². The predicted octanol–water partition coefficient (Wildman–Crippen LogP) is 1.65. The van der Waals surface area contributed by atoms with Gasteiger partial charge in [-0.1, -0.05) is 19.8 Å². The second kappa shape index (κ2) is 7.63. The summed E-state index contributed by atoms with van der Waals surface area (Å²) in [5.41, 5.74) is 0. The van der Waals surface area contributed by atoms with E-state index >= 15 is 0 Å². The molecule has 94 valence electrons. The highest BCUT2D eigenvalue weighted by Gasteiger charge is 2.19. The van der Waals surface area contributed by atoms with E-state index in [-0.39, 0.29) is 6.61 Å². The van der Waals surface area contributed by atoms with E-state index in [4.69, 9.17) is 9.84 Å². The molecule has 2 N–H and O–H groups in total. The summed E-state index contributed by atoms with van der Waals surface area (Å²) < 4.78 is 5.49. The fraction of sp³-hybridized carbons (Fsp3) is 0.917. The summed E-state index contributed by atoms with van der Waals surface area (Å²) in [6, 6.07) is -0.554. The van der Waals surface area contributed by atoms with Gasteiger partial charge in [0.05, 0.1) is 6.61 Å². The van der Waals surface area contributed by atoms with Crippen molar-refractivity contribution >= 4 is 5.97 Å². The van der Waals surface area contributed by atoms with Crippen LogP contribution >= 0.6 is 0 Å². The number of ether oxygens (including phenoxy) is 1. The number of rotatable bonds is 8. The van der Waals surface area contributed by atoms with Crippen LogP contribution in [0.1, 0.15) is 39.0 Å². The molecule has 0 aromatic rings. The smallest absolute Gasteiger partial charge is 0.323 e. The molecule has 1 saturated carbocycles. The van der Waals surface area contributed by atoms with Crippen molar-refractivity contribution in [3.8, 4) is 0 Å². The van der Waals surface area contributed by atoms with Crippen LogP contribution in [0.4, 0.5) is 0 Å². The van der Waals surface area contributed by atoms with Gasteiger partial charge in [0.2, 0.25) is 0 Å². The van der Waals surface area contributed by atoms with Gasteiger partial charge in [0.25, 0.3) is 0 Å². The molecule has 4 heteroatoms. The SMILES string of the molecule is CCCNC(COCC1CCCC1)C(=O)O. The van der Waals surface area contributed by atoms with Crippen LogP contribution in [0.25, 0.3) is 0 Å². The van der Waals surface area contributed by atoms with Gasteiger partial charge < -0.3 is 15.2 Å². The maximum atomic E-state index is 10.9. The van der Waals surface area contributed by atoms with E-state index in [1.54, 1.807) is 0 Å². The normalized spacial score (nSPS) is 18.8. The minimum Gasteiger partial charge on any atom is -0.480 e. The van der Waals surface area contributed by atoms with E-state index in [1.807, 2.05) is 6.92 Å². The molecule has 1 aliphatic rings. The lowest BCUT2D eigenvalue weighted by atomic mass is 10.1. The number of carbonyl (C=O) groups is 1. The van der Waals surface area contributed by atoms with E-state index in [2.05, 4.69) is 5.32 Å². The van der Waals surface area contributed by atoms with E-state index in [9.17, 15) is 4.79 Å². The Hall–Kier alpha value is -0.610. The summed E-state index contributed by atoms with van der Waals surface area (Å²) in [5.74, 6) is -0.166. The summed E-state index contributed by atoms with van der Waals surface area (Å²) in [5, 5.41) is 11.9. The van der Waals surface area contributed by atoms with Crippen LogP contribution in [0.15, 0.2) is 0 Å². The molecule has 1 atom stereocenters. The second-order valence-corrected chi connectivity index (χ2v) is 4.53. The molecule has 4 nitrogen and oxygen atoms in total. The molecule has 0 heterocycles. The number of aliphatic carboxylic acids is 1. The molecule has 0 aromatic carbocycles. The highest BCUT2D eigenvalue weighted by Crippen LogP contribution is 2.24. The van der Waals surface area contributed by atoms with Crippen molar-refractivity contribution in [1.82, 2.24) is 5.32 Å². The third-order valence-electron chi connectivity index (χ3n) is 3.05. The molecule has 0 aromatic heterocycles. The maximum absolute atomic E-state index is 10.9. The van der Waals surface area contributed by atoms with Gasteiger partial charge in [-0.15, -0.1) is 0 Å². The zero-order valence-electron chi connectivity index (χ0n) is 10.1. The average Bonchev–Trinajstić information content (AvgIpc) is 2.75. The largest absolute Gasteiger partial charge is 0.480 e. The predicted molar refractivity (Wildman–Crippen MR) is 62.5 cm³/mol. The third kappa shape index (κ3) is 4.94. The lowest BCUT2D eigenvalue weighted by molar-refractivity contribution is -0.141. The molecule has 1 aliphatic carbocycles. The van der Waals surface area contributed by atoms with Gasteiger partial charge in [0, 0.05) is 6.61 Å². The van der Waals surface area contributed by atoms with Crippen LogP contribution in [-0.2, 0) is 9.53 Å². The molecule has 0 saturated heterocycles. The van der Waals surface area contributed by atoms with Crippen LogP contribution in [-0.4, -0.2) is 36.9 Å². The Bertz CT molecular complexity index is 202. The fourth-order valence-electron chi connectivity index (χ4n) is 2.07. The number of hydrogen-bond donors (Lipinski definition) is 2. The highest BCUT2D eigenvalue weighted by molar-refractivity contribution is 5.73. The third-order valence-corrected chi connectivity index (χ3v) is 3.05. The van der Waals surface area contributed by atoms with E-state index < -0.39 is 12.0 Å². The van der Waals surface area contributed by atoms with Crippen LogP contribution in [0.2, 0.25) is 0 Å². The van der Waals surface area contributed by atoms with Gasteiger partial charge in [-0.3, -0.25) is 4.79 Å². The first-order valence-electron chi connectivity index (χ1n) is 6.28. The molecule has 0 amide bonds. The second-order valence-electron chi connectivity index (χ2n) is 4.53. The highest BCUT2D eigenvalue weighted by atomic mass is 16.5. The molecule has 0 spiro atoms. The van der Waals surface area contributed by atoms with Gasteiger partial charge in [0.1, 0.15) is 6.04 Å². The molecular formula is C12H23NO3. The first-order valence-corrected chi connectivity index (χ1v) is 6.28. The van der Waals surface area contributed by atoms with Crippen molar-refractivity contribution in [2.45, 2.75) is 45.1 Å².